The molecule has 1 aromatic rings. The van der Waals surface area contributed by atoms with Gasteiger partial charge in [0.1, 0.15) is 8.07 Å². The lowest BCUT2D eigenvalue weighted by Crippen LogP contribution is -2.16. The van der Waals surface area contributed by atoms with Crippen LogP contribution in [-0.4, -0.2) is 15.2 Å². The first-order chi connectivity index (χ1) is 7.53. The molecule has 0 spiro atoms. The SMILES string of the molecule is COC(CC#C[Si](C)(C)C)c1ccccc1. The Hall–Kier alpha value is -1.04. The zero-order valence-electron chi connectivity index (χ0n) is 10.6. The van der Waals surface area contributed by atoms with E-state index in [2.05, 4.69) is 43.2 Å². The molecule has 86 valence electrons. The number of rotatable bonds is 3. The van der Waals surface area contributed by atoms with Crippen molar-refractivity contribution in [3.05, 3.63) is 35.9 Å². The van der Waals surface area contributed by atoms with Crippen molar-refractivity contribution in [2.45, 2.75) is 32.2 Å². The molecular formula is C14H20OSi. The third kappa shape index (κ3) is 4.65. The zero-order valence-corrected chi connectivity index (χ0v) is 11.6. The van der Waals surface area contributed by atoms with Gasteiger partial charge < -0.3 is 4.74 Å². The minimum Gasteiger partial charge on any atom is -0.376 e. The molecule has 0 radical (unpaired) electrons. The topological polar surface area (TPSA) is 9.23 Å². The predicted octanol–water partition coefficient (Wildman–Crippen LogP) is 3.65. The number of methoxy groups -OCH3 is 1. The summed E-state index contributed by atoms with van der Waals surface area (Å²) in [5, 5.41) is 0. The molecule has 0 saturated carbocycles. The van der Waals surface area contributed by atoms with Crippen LogP contribution in [0.1, 0.15) is 18.1 Å². The van der Waals surface area contributed by atoms with Crippen molar-refractivity contribution < 1.29 is 4.74 Å². The Labute approximate surface area is 99.8 Å². The second-order valence-corrected chi connectivity index (χ2v) is 9.64. The summed E-state index contributed by atoms with van der Waals surface area (Å²) < 4.78 is 5.46. The number of hydrogen-bond acceptors (Lipinski definition) is 1. The molecule has 0 saturated heterocycles. The Morgan fingerprint density at radius 3 is 2.31 bits per heavy atom. The van der Waals surface area contributed by atoms with Crippen molar-refractivity contribution in [1.82, 2.24) is 0 Å². The smallest absolute Gasteiger partial charge is 0.129 e. The van der Waals surface area contributed by atoms with Crippen LogP contribution >= 0.6 is 0 Å². The molecule has 0 amide bonds. The number of ether oxygens (including phenoxy) is 1. The van der Waals surface area contributed by atoms with Gasteiger partial charge in [-0.2, -0.15) is 0 Å². The van der Waals surface area contributed by atoms with Crippen LogP contribution in [0.4, 0.5) is 0 Å². The molecule has 1 aromatic carbocycles. The lowest BCUT2D eigenvalue weighted by molar-refractivity contribution is 0.108. The van der Waals surface area contributed by atoms with Gasteiger partial charge in [0.25, 0.3) is 0 Å². The second-order valence-electron chi connectivity index (χ2n) is 4.89. The fraction of sp³-hybridized carbons (Fsp3) is 0.429. The van der Waals surface area contributed by atoms with Gasteiger partial charge in [-0.15, -0.1) is 11.5 Å². The maximum absolute atomic E-state index is 5.46. The minimum atomic E-state index is -1.25. The lowest BCUT2D eigenvalue weighted by Gasteiger charge is -2.12. The lowest BCUT2D eigenvalue weighted by atomic mass is 10.1. The number of hydrogen-bond donors (Lipinski definition) is 0. The molecule has 1 atom stereocenters. The van der Waals surface area contributed by atoms with Crippen LogP contribution in [0.15, 0.2) is 30.3 Å². The Balaban J connectivity index is 2.66. The standard InChI is InChI=1S/C14H20OSi/c1-15-14(11-8-12-16(2,3)4)13-9-6-5-7-10-13/h5-7,9-10,14H,11H2,1-4H3. The summed E-state index contributed by atoms with van der Waals surface area (Å²) in [5.41, 5.74) is 4.57. The van der Waals surface area contributed by atoms with Gasteiger partial charge in [0.05, 0.1) is 6.10 Å². The number of benzene rings is 1. The van der Waals surface area contributed by atoms with Gasteiger partial charge >= 0.3 is 0 Å². The Kier molecular flexibility index (Phi) is 4.79. The average Bonchev–Trinajstić information content (AvgIpc) is 2.24. The first-order valence-electron chi connectivity index (χ1n) is 5.61. The molecule has 16 heavy (non-hydrogen) atoms. The van der Waals surface area contributed by atoms with E-state index in [1.165, 1.54) is 5.56 Å². The van der Waals surface area contributed by atoms with Gasteiger partial charge in [-0.1, -0.05) is 50.0 Å². The van der Waals surface area contributed by atoms with Gasteiger partial charge in [0.2, 0.25) is 0 Å². The van der Waals surface area contributed by atoms with E-state index in [1.54, 1.807) is 7.11 Å². The van der Waals surface area contributed by atoms with Crippen LogP contribution < -0.4 is 0 Å². The molecule has 0 aromatic heterocycles. The fourth-order valence-corrected chi connectivity index (χ4v) is 2.05. The molecule has 0 aliphatic rings. The third-order valence-corrected chi connectivity index (χ3v) is 3.13. The van der Waals surface area contributed by atoms with Crippen LogP contribution in [0.25, 0.3) is 0 Å². The predicted molar refractivity (Wildman–Crippen MR) is 71.9 cm³/mol. The quantitative estimate of drug-likeness (QED) is 0.571. The van der Waals surface area contributed by atoms with Crippen LogP contribution in [0, 0.1) is 11.5 Å². The molecule has 0 aliphatic carbocycles. The van der Waals surface area contributed by atoms with E-state index in [0.717, 1.165) is 6.42 Å². The average molecular weight is 232 g/mol. The van der Waals surface area contributed by atoms with E-state index in [4.69, 9.17) is 4.74 Å². The monoisotopic (exact) mass is 232 g/mol. The van der Waals surface area contributed by atoms with Gasteiger partial charge in [-0.3, -0.25) is 0 Å². The van der Waals surface area contributed by atoms with Crippen LogP contribution in [0.2, 0.25) is 19.6 Å². The molecule has 2 heteroatoms. The third-order valence-electron chi connectivity index (χ3n) is 2.21. The summed E-state index contributed by atoms with van der Waals surface area (Å²) in [6, 6.07) is 10.3. The van der Waals surface area contributed by atoms with E-state index in [0.29, 0.717) is 0 Å². The van der Waals surface area contributed by atoms with Crippen molar-refractivity contribution in [3.8, 4) is 11.5 Å². The minimum absolute atomic E-state index is 0.102. The van der Waals surface area contributed by atoms with Gasteiger partial charge in [-0.05, 0) is 5.56 Å². The molecule has 0 bridgehead atoms. The Morgan fingerprint density at radius 2 is 1.81 bits per heavy atom. The largest absolute Gasteiger partial charge is 0.376 e. The van der Waals surface area contributed by atoms with Crippen molar-refractivity contribution in [3.63, 3.8) is 0 Å². The van der Waals surface area contributed by atoms with Gasteiger partial charge in [0, 0.05) is 13.5 Å². The summed E-state index contributed by atoms with van der Waals surface area (Å²) in [4.78, 5) is 0. The van der Waals surface area contributed by atoms with Crippen LogP contribution in [-0.2, 0) is 4.74 Å². The molecule has 0 fully saturated rings. The van der Waals surface area contributed by atoms with Crippen LogP contribution in [0.5, 0.6) is 0 Å². The first-order valence-corrected chi connectivity index (χ1v) is 9.11. The summed E-state index contributed by atoms with van der Waals surface area (Å²) in [7, 11) is 0.489. The Bertz CT molecular complexity index is 367. The van der Waals surface area contributed by atoms with Crippen molar-refractivity contribution in [2.75, 3.05) is 7.11 Å². The summed E-state index contributed by atoms with van der Waals surface area (Å²) in [5.74, 6) is 3.26. The van der Waals surface area contributed by atoms with E-state index in [-0.39, 0.29) is 6.10 Å². The molecule has 1 unspecified atom stereocenters. The highest BCUT2D eigenvalue weighted by molar-refractivity contribution is 6.83. The van der Waals surface area contributed by atoms with E-state index in [1.807, 2.05) is 18.2 Å². The van der Waals surface area contributed by atoms with E-state index >= 15 is 0 Å². The zero-order chi connectivity index (χ0) is 12.0. The summed E-state index contributed by atoms with van der Waals surface area (Å²) >= 11 is 0. The highest BCUT2D eigenvalue weighted by atomic mass is 28.3. The van der Waals surface area contributed by atoms with Gasteiger partial charge in [-0.25, -0.2) is 0 Å². The Morgan fingerprint density at radius 1 is 1.19 bits per heavy atom. The molecule has 1 nitrogen and oxygen atoms in total. The van der Waals surface area contributed by atoms with E-state index < -0.39 is 8.07 Å². The first kappa shape index (κ1) is 13.0. The summed E-state index contributed by atoms with van der Waals surface area (Å²) in [6.07, 6.45) is 0.884. The second kappa shape index (κ2) is 5.88. The van der Waals surface area contributed by atoms with Gasteiger partial charge in [0.15, 0.2) is 0 Å². The molecular weight excluding hydrogens is 212 g/mol. The fourth-order valence-electron chi connectivity index (χ4n) is 1.41. The maximum Gasteiger partial charge on any atom is 0.129 e. The highest BCUT2D eigenvalue weighted by Crippen LogP contribution is 2.19. The maximum atomic E-state index is 5.46. The van der Waals surface area contributed by atoms with E-state index in [9.17, 15) is 0 Å². The normalized spacial score (nSPS) is 12.8. The molecule has 1 rings (SSSR count). The molecule has 0 aliphatic heterocycles. The van der Waals surface area contributed by atoms with Crippen LogP contribution in [0.3, 0.4) is 0 Å². The van der Waals surface area contributed by atoms with Crippen molar-refractivity contribution in [1.29, 1.82) is 0 Å². The molecule has 0 N–H and O–H groups in total. The highest BCUT2D eigenvalue weighted by Gasteiger charge is 2.10. The molecule has 0 heterocycles. The van der Waals surface area contributed by atoms with Crippen molar-refractivity contribution in [2.24, 2.45) is 0 Å². The summed E-state index contributed by atoms with van der Waals surface area (Å²) in [6.45, 7) is 6.76. The van der Waals surface area contributed by atoms with Crippen molar-refractivity contribution >= 4 is 8.07 Å².